The number of hydrogen-bond acceptors (Lipinski definition) is 2. The second kappa shape index (κ2) is 4.95. The highest BCUT2D eigenvalue weighted by Crippen LogP contribution is 2.47. The number of nitrogens with one attached hydrogen (secondary N) is 1. The van der Waals surface area contributed by atoms with Crippen LogP contribution in [0.1, 0.15) is 46.7 Å². The quantitative estimate of drug-likeness (QED) is 0.838. The van der Waals surface area contributed by atoms with Crippen molar-refractivity contribution in [3.8, 4) is 0 Å². The number of carbonyl (C=O) groups is 1. The van der Waals surface area contributed by atoms with Crippen LogP contribution >= 0.6 is 11.3 Å². The van der Waals surface area contributed by atoms with E-state index >= 15 is 0 Å². The van der Waals surface area contributed by atoms with Gasteiger partial charge in [-0.1, -0.05) is 12.1 Å². The summed E-state index contributed by atoms with van der Waals surface area (Å²) in [7, 11) is 0. The predicted molar refractivity (Wildman–Crippen MR) is 82.5 cm³/mol. The minimum atomic E-state index is -0.230. The van der Waals surface area contributed by atoms with Gasteiger partial charge in [-0.15, -0.1) is 11.3 Å². The predicted octanol–water partition coefficient (Wildman–Crippen LogP) is 4.24. The maximum absolute atomic E-state index is 13.2. The van der Waals surface area contributed by atoms with Crippen LogP contribution in [0.4, 0.5) is 9.39 Å². The zero-order valence-corrected chi connectivity index (χ0v) is 12.4. The molecule has 2 nitrogen and oxygen atoms in total. The molecule has 0 unspecified atom stereocenters. The van der Waals surface area contributed by atoms with Gasteiger partial charge in [-0.2, -0.15) is 0 Å². The Morgan fingerprint density at radius 3 is 2.71 bits per heavy atom. The third-order valence-corrected chi connectivity index (χ3v) is 5.70. The summed E-state index contributed by atoms with van der Waals surface area (Å²) in [5.41, 5.74) is 3.77. The van der Waals surface area contributed by atoms with E-state index in [1.54, 1.807) is 11.3 Å². The molecular weight excluding hydrogens is 285 g/mol. The minimum Gasteiger partial charge on any atom is -0.317 e. The van der Waals surface area contributed by atoms with Gasteiger partial charge in [0.25, 0.3) is 0 Å². The lowest BCUT2D eigenvalue weighted by Crippen LogP contribution is -2.23. The molecular formula is C17H16FNOS. The number of carbonyl (C=O) groups excluding carboxylic acids is 1. The van der Waals surface area contributed by atoms with Crippen LogP contribution in [-0.2, 0) is 17.6 Å². The number of benzene rings is 1. The molecule has 2 aliphatic rings. The first kappa shape index (κ1) is 13.0. The van der Waals surface area contributed by atoms with Gasteiger partial charge in [0.15, 0.2) is 0 Å². The van der Waals surface area contributed by atoms with Gasteiger partial charge in [0.2, 0.25) is 5.91 Å². The number of halogens is 1. The van der Waals surface area contributed by atoms with Crippen LogP contribution in [0.5, 0.6) is 0 Å². The Bertz CT molecular complexity index is 704. The van der Waals surface area contributed by atoms with E-state index in [9.17, 15) is 9.18 Å². The topological polar surface area (TPSA) is 29.1 Å². The van der Waals surface area contributed by atoms with Gasteiger partial charge >= 0.3 is 0 Å². The van der Waals surface area contributed by atoms with Crippen LogP contribution < -0.4 is 5.32 Å². The van der Waals surface area contributed by atoms with E-state index < -0.39 is 0 Å². The summed E-state index contributed by atoms with van der Waals surface area (Å²) in [6.07, 6.45) is 5.15. The Kier molecular flexibility index (Phi) is 3.07. The van der Waals surface area contributed by atoms with Crippen molar-refractivity contribution in [2.45, 2.75) is 38.0 Å². The molecule has 0 saturated carbocycles. The summed E-state index contributed by atoms with van der Waals surface area (Å²) in [5, 5.41) is 4.05. The van der Waals surface area contributed by atoms with Gasteiger partial charge < -0.3 is 5.32 Å². The van der Waals surface area contributed by atoms with Crippen LogP contribution in [0.3, 0.4) is 0 Å². The maximum Gasteiger partial charge on any atom is 0.225 e. The van der Waals surface area contributed by atoms with Crippen molar-refractivity contribution < 1.29 is 9.18 Å². The van der Waals surface area contributed by atoms with Crippen molar-refractivity contribution in [1.29, 1.82) is 0 Å². The molecule has 1 N–H and O–H groups in total. The van der Waals surface area contributed by atoms with Gasteiger partial charge in [0.05, 0.1) is 5.00 Å². The molecule has 1 aliphatic carbocycles. The highest BCUT2D eigenvalue weighted by molar-refractivity contribution is 7.16. The average Bonchev–Trinajstić information content (AvgIpc) is 2.85. The van der Waals surface area contributed by atoms with Crippen molar-refractivity contribution in [3.63, 3.8) is 0 Å². The zero-order chi connectivity index (χ0) is 14.4. The summed E-state index contributed by atoms with van der Waals surface area (Å²) in [5.74, 6) is -0.0885. The van der Waals surface area contributed by atoms with E-state index in [1.807, 2.05) is 12.1 Å². The smallest absolute Gasteiger partial charge is 0.225 e. The Balaban J connectivity index is 1.84. The number of hydrogen-bond donors (Lipinski definition) is 1. The van der Waals surface area contributed by atoms with Crippen molar-refractivity contribution in [1.82, 2.24) is 0 Å². The van der Waals surface area contributed by atoms with E-state index in [0.717, 1.165) is 23.4 Å². The molecule has 0 spiro atoms. The van der Waals surface area contributed by atoms with Gasteiger partial charge in [-0.05, 0) is 54.5 Å². The number of aryl methyl sites for hydroxylation is 1. The molecule has 1 aromatic heterocycles. The fourth-order valence-electron chi connectivity index (χ4n) is 3.50. The molecule has 1 aliphatic heterocycles. The summed E-state index contributed by atoms with van der Waals surface area (Å²) >= 11 is 1.74. The fourth-order valence-corrected chi connectivity index (χ4v) is 4.86. The number of fused-ring (bicyclic) bond motifs is 3. The normalized spacial score (nSPS) is 20.6. The van der Waals surface area contributed by atoms with E-state index in [4.69, 9.17) is 0 Å². The molecule has 1 aromatic carbocycles. The third-order valence-electron chi connectivity index (χ3n) is 4.48. The number of anilines is 1. The summed E-state index contributed by atoms with van der Waals surface area (Å²) < 4.78 is 13.2. The van der Waals surface area contributed by atoms with E-state index in [1.165, 1.54) is 41.0 Å². The Hall–Kier alpha value is -1.68. The second-order valence-electron chi connectivity index (χ2n) is 5.81. The Labute approximate surface area is 127 Å². The molecule has 1 amide bonds. The third kappa shape index (κ3) is 2.18. The molecule has 1 atom stereocenters. The van der Waals surface area contributed by atoms with Gasteiger partial charge in [0, 0.05) is 17.2 Å². The monoisotopic (exact) mass is 301 g/mol. The molecule has 2 heterocycles. The van der Waals surface area contributed by atoms with Crippen LogP contribution in [0.2, 0.25) is 0 Å². The SMILES string of the molecule is O=C1C[C@H](c2ccc(F)cc2)c2c(sc3c2CCCC3)N1. The molecule has 0 bridgehead atoms. The standard InChI is InChI=1S/C17H16FNOS/c18-11-7-5-10(6-8-11)13-9-15(20)19-17-16(13)12-3-1-2-4-14(12)21-17/h5-8,13H,1-4,9H2,(H,19,20)/t13-/m1/s1. The van der Waals surface area contributed by atoms with E-state index in [-0.39, 0.29) is 17.6 Å². The summed E-state index contributed by atoms with van der Waals surface area (Å²) in [6.45, 7) is 0. The Morgan fingerprint density at radius 1 is 1.14 bits per heavy atom. The lowest BCUT2D eigenvalue weighted by atomic mass is 9.82. The van der Waals surface area contributed by atoms with Crippen LogP contribution in [0, 0.1) is 5.82 Å². The highest BCUT2D eigenvalue weighted by atomic mass is 32.1. The summed E-state index contributed by atoms with van der Waals surface area (Å²) in [6, 6.07) is 6.60. The first-order valence-corrected chi connectivity index (χ1v) is 8.24. The molecule has 21 heavy (non-hydrogen) atoms. The van der Waals surface area contributed by atoms with Crippen LogP contribution in [0.15, 0.2) is 24.3 Å². The fraction of sp³-hybridized carbons (Fsp3) is 0.353. The van der Waals surface area contributed by atoms with Crippen molar-refractivity contribution in [2.24, 2.45) is 0 Å². The summed E-state index contributed by atoms with van der Waals surface area (Å²) in [4.78, 5) is 13.4. The van der Waals surface area contributed by atoms with E-state index in [2.05, 4.69) is 5.32 Å². The molecule has 0 radical (unpaired) electrons. The number of rotatable bonds is 1. The Morgan fingerprint density at radius 2 is 1.90 bits per heavy atom. The van der Waals surface area contributed by atoms with Gasteiger partial charge in [-0.3, -0.25) is 4.79 Å². The largest absolute Gasteiger partial charge is 0.317 e. The average molecular weight is 301 g/mol. The van der Waals surface area contributed by atoms with Crippen molar-refractivity contribution in [3.05, 3.63) is 51.7 Å². The zero-order valence-electron chi connectivity index (χ0n) is 11.6. The molecule has 108 valence electrons. The molecule has 0 saturated heterocycles. The molecule has 4 heteroatoms. The van der Waals surface area contributed by atoms with Crippen molar-refractivity contribution in [2.75, 3.05) is 5.32 Å². The number of thiophene rings is 1. The second-order valence-corrected chi connectivity index (χ2v) is 6.92. The lowest BCUT2D eigenvalue weighted by molar-refractivity contribution is -0.116. The molecule has 0 fully saturated rings. The first-order chi connectivity index (χ1) is 10.2. The minimum absolute atomic E-state index is 0.0652. The van der Waals surface area contributed by atoms with Crippen LogP contribution in [0.25, 0.3) is 0 Å². The molecule has 2 aromatic rings. The van der Waals surface area contributed by atoms with Crippen molar-refractivity contribution >= 4 is 22.2 Å². The highest BCUT2D eigenvalue weighted by Gasteiger charge is 2.33. The number of amides is 1. The lowest BCUT2D eigenvalue weighted by Gasteiger charge is -2.25. The molecule has 4 rings (SSSR count). The first-order valence-electron chi connectivity index (χ1n) is 7.42. The van der Waals surface area contributed by atoms with Crippen LogP contribution in [-0.4, -0.2) is 5.91 Å². The van der Waals surface area contributed by atoms with Gasteiger partial charge in [-0.25, -0.2) is 4.39 Å². The van der Waals surface area contributed by atoms with Gasteiger partial charge in [0.1, 0.15) is 5.82 Å². The maximum atomic E-state index is 13.2. The van der Waals surface area contributed by atoms with E-state index in [0.29, 0.717) is 6.42 Å².